The second-order valence-electron chi connectivity index (χ2n) is 6.56. The molecule has 2 amide bonds. The van der Waals surface area contributed by atoms with Crippen molar-refractivity contribution >= 4 is 12.0 Å². The van der Waals surface area contributed by atoms with Gasteiger partial charge in [-0.25, -0.2) is 4.79 Å². The van der Waals surface area contributed by atoms with Gasteiger partial charge in [0.1, 0.15) is 0 Å². The third-order valence-corrected chi connectivity index (χ3v) is 3.92. The molecule has 5 heteroatoms. The molecule has 0 aliphatic heterocycles. The van der Waals surface area contributed by atoms with Gasteiger partial charge in [-0.05, 0) is 45.4 Å². The summed E-state index contributed by atoms with van der Waals surface area (Å²) in [5, 5.41) is 14.5. The highest BCUT2D eigenvalue weighted by Gasteiger charge is 2.26. The Hall–Kier alpha value is -1.26. The quantitative estimate of drug-likeness (QED) is 0.701. The van der Waals surface area contributed by atoms with Crippen LogP contribution >= 0.6 is 0 Å². The Morgan fingerprint density at radius 2 is 1.80 bits per heavy atom. The van der Waals surface area contributed by atoms with Crippen molar-refractivity contribution in [2.24, 2.45) is 5.92 Å². The van der Waals surface area contributed by atoms with E-state index in [1.54, 1.807) is 13.8 Å². The molecule has 0 saturated heterocycles. The van der Waals surface area contributed by atoms with Crippen molar-refractivity contribution in [1.82, 2.24) is 10.6 Å². The third-order valence-electron chi connectivity index (χ3n) is 3.92. The first kappa shape index (κ1) is 16.8. The number of amides is 2. The van der Waals surface area contributed by atoms with Crippen molar-refractivity contribution in [1.29, 1.82) is 0 Å². The summed E-state index contributed by atoms with van der Waals surface area (Å²) in [5.74, 6) is -0.0973. The normalized spacial score (nSPS) is 23.1. The summed E-state index contributed by atoms with van der Waals surface area (Å²) in [6, 6.07) is -0.0288. The Morgan fingerprint density at radius 1 is 1.20 bits per heavy atom. The van der Waals surface area contributed by atoms with Gasteiger partial charge in [0.05, 0.1) is 6.42 Å². The molecule has 0 unspecified atom stereocenters. The molecule has 116 valence electrons. The zero-order valence-corrected chi connectivity index (χ0v) is 12.9. The summed E-state index contributed by atoms with van der Waals surface area (Å²) in [5.41, 5.74) is -0.727. The fourth-order valence-electron chi connectivity index (χ4n) is 2.95. The van der Waals surface area contributed by atoms with Crippen LogP contribution in [0.25, 0.3) is 0 Å². The number of carboxylic acid groups (broad SMARTS) is 1. The number of hydrogen-bond donors (Lipinski definition) is 3. The summed E-state index contributed by atoms with van der Waals surface area (Å²) in [6.45, 7) is 5.65. The lowest BCUT2D eigenvalue weighted by atomic mass is 9.83. The highest BCUT2D eigenvalue weighted by atomic mass is 16.4. The van der Waals surface area contributed by atoms with Gasteiger partial charge in [-0.3, -0.25) is 4.79 Å². The van der Waals surface area contributed by atoms with Crippen LogP contribution in [-0.4, -0.2) is 28.7 Å². The number of urea groups is 1. The minimum absolute atomic E-state index is 0.0797. The van der Waals surface area contributed by atoms with Gasteiger partial charge in [0.15, 0.2) is 0 Å². The maximum absolute atomic E-state index is 11.9. The van der Waals surface area contributed by atoms with Gasteiger partial charge in [0.2, 0.25) is 0 Å². The van der Waals surface area contributed by atoms with Crippen LogP contribution in [0.1, 0.15) is 65.7 Å². The molecule has 0 aromatic rings. The number of carbonyl (C=O) groups is 2. The molecule has 0 heterocycles. The number of rotatable bonds is 6. The van der Waals surface area contributed by atoms with E-state index in [-0.39, 0.29) is 18.5 Å². The summed E-state index contributed by atoms with van der Waals surface area (Å²) < 4.78 is 0. The summed E-state index contributed by atoms with van der Waals surface area (Å²) in [7, 11) is 0. The van der Waals surface area contributed by atoms with E-state index in [4.69, 9.17) is 5.11 Å². The van der Waals surface area contributed by atoms with Crippen LogP contribution in [0.4, 0.5) is 4.79 Å². The first-order valence-electron chi connectivity index (χ1n) is 7.63. The molecular formula is C15H28N2O3. The molecule has 20 heavy (non-hydrogen) atoms. The van der Waals surface area contributed by atoms with Crippen LogP contribution in [0.2, 0.25) is 0 Å². The van der Waals surface area contributed by atoms with E-state index in [0.29, 0.717) is 0 Å². The van der Waals surface area contributed by atoms with Crippen LogP contribution in [0, 0.1) is 5.92 Å². The summed E-state index contributed by atoms with van der Waals surface area (Å²) in [4.78, 5) is 22.6. The van der Waals surface area contributed by atoms with Crippen LogP contribution in [-0.2, 0) is 4.79 Å². The smallest absolute Gasteiger partial charge is 0.315 e. The second kappa shape index (κ2) is 7.50. The Balaban J connectivity index is 2.31. The van der Waals surface area contributed by atoms with E-state index in [1.807, 2.05) is 0 Å². The van der Waals surface area contributed by atoms with Gasteiger partial charge >= 0.3 is 12.0 Å². The number of carbonyl (C=O) groups excluding carboxylic acids is 1. The van der Waals surface area contributed by atoms with Crippen molar-refractivity contribution in [2.75, 3.05) is 0 Å². The average Bonchev–Trinajstić information content (AvgIpc) is 2.29. The molecule has 0 bridgehead atoms. The first-order valence-corrected chi connectivity index (χ1v) is 7.63. The molecule has 3 N–H and O–H groups in total. The minimum atomic E-state index is -0.907. The molecule has 0 aromatic carbocycles. The third kappa shape index (κ3) is 6.26. The summed E-state index contributed by atoms with van der Waals surface area (Å²) in [6.07, 6.45) is 6.84. The molecule has 1 aliphatic carbocycles. The molecule has 1 aliphatic rings. The van der Waals surface area contributed by atoms with Crippen molar-refractivity contribution in [2.45, 2.75) is 77.3 Å². The molecule has 0 aromatic heterocycles. The molecule has 0 spiro atoms. The zero-order valence-electron chi connectivity index (χ0n) is 12.9. The highest BCUT2D eigenvalue weighted by Crippen LogP contribution is 2.27. The lowest BCUT2D eigenvalue weighted by Gasteiger charge is -2.31. The van der Waals surface area contributed by atoms with Gasteiger partial charge in [-0.2, -0.15) is 0 Å². The topological polar surface area (TPSA) is 78.4 Å². The van der Waals surface area contributed by atoms with E-state index in [1.165, 1.54) is 25.7 Å². The monoisotopic (exact) mass is 284 g/mol. The molecule has 0 radical (unpaired) electrons. The molecule has 1 fully saturated rings. The fourth-order valence-corrected chi connectivity index (χ4v) is 2.95. The van der Waals surface area contributed by atoms with Crippen molar-refractivity contribution < 1.29 is 14.7 Å². The predicted molar refractivity (Wildman–Crippen MR) is 78.7 cm³/mol. The Bertz CT molecular complexity index is 334. The van der Waals surface area contributed by atoms with E-state index in [9.17, 15) is 9.59 Å². The Labute approximate surface area is 121 Å². The molecular weight excluding hydrogens is 256 g/mol. The fraction of sp³-hybridized carbons (Fsp3) is 0.867. The highest BCUT2D eigenvalue weighted by molar-refractivity contribution is 5.76. The molecule has 1 rings (SSSR count). The van der Waals surface area contributed by atoms with E-state index >= 15 is 0 Å². The Morgan fingerprint density at radius 3 is 2.30 bits per heavy atom. The average molecular weight is 284 g/mol. The van der Waals surface area contributed by atoms with E-state index in [0.717, 1.165) is 18.8 Å². The maximum Gasteiger partial charge on any atom is 0.315 e. The molecule has 0 atom stereocenters. The lowest BCUT2D eigenvalue weighted by Crippen LogP contribution is -2.52. The van der Waals surface area contributed by atoms with Gasteiger partial charge in [-0.1, -0.05) is 19.8 Å². The van der Waals surface area contributed by atoms with Gasteiger partial charge in [0, 0.05) is 11.6 Å². The predicted octanol–water partition coefficient (Wildman–Crippen LogP) is 2.90. The first-order chi connectivity index (χ1) is 9.32. The van der Waals surface area contributed by atoms with Gasteiger partial charge < -0.3 is 15.7 Å². The Kier molecular flexibility index (Phi) is 6.30. The van der Waals surface area contributed by atoms with Crippen LogP contribution in [0.3, 0.4) is 0 Å². The lowest BCUT2D eigenvalue weighted by molar-refractivity contribution is -0.138. The van der Waals surface area contributed by atoms with E-state index in [2.05, 4.69) is 17.6 Å². The van der Waals surface area contributed by atoms with Crippen molar-refractivity contribution in [3.63, 3.8) is 0 Å². The minimum Gasteiger partial charge on any atom is -0.481 e. The molecule has 1 saturated carbocycles. The maximum atomic E-state index is 11.9. The SMILES string of the molecule is CCCC1CCC(NC(=O)NC(C)(C)CC(=O)O)CC1. The number of aliphatic carboxylic acids is 1. The standard InChI is InChI=1S/C15H28N2O3/c1-4-5-11-6-8-12(9-7-11)16-14(20)17-15(2,3)10-13(18)19/h11-12H,4-10H2,1-3H3,(H,18,19)(H2,16,17,20). The molecule has 5 nitrogen and oxygen atoms in total. The van der Waals surface area contributed by atoms with Gasteiger partial charge in [-0.15, -0.1) is 0 Å². The second-order valence-corrected chi connectivity index (χ2v) is 6.56. The van der Waals surface area contributed by atoms with Crippen LogP contribution in [0.15, 0.2) is 0 Å². The van der Waals surface area contributed by atoms with E-state index < -0.39 is 11.5 Å². The van der Waals surface area contributed by atoms with Crippen molar-refractivity contribution in [3.05, 3.63) is 0 Å². The van der Waals surface area contributed by atoms with Gasteiger partial charge in [0.25, 0.3) is 0 Å². The number of nitrogens with one attached hydrogen (secondary N) is 2. The zero-order chi connectivity index (χ0) is 15.2. The largest absolute Gasteiger partial charge is 0.481 e. The summed E-state index contributed by atoms with van der Waals surface area (Å²) >= 11 is 0. The van der Waals surface area contributed by atoms with Crippen LogP contribution in [0.5, 0.6) is 0 Å². The van der Waals surface area contributed by atoms with Crippen LogP contribution < -0.4 is 10.6 Å². The van der Waals surface area contributed by atoms with Crippen molar-refractivity contribution in [3.8, 4) is 0 Å². The number of carboxylic acids is 1. The number of hydrogen-bond acceptors (Lipinski definition) is 2.